The van der Waals surface area contributed by atoms with Crippen molar-refractivity contribution in [3.05, 3.63) is 60.2 Å². The minimum Gasteiger partial charge on any atom is -0.434 e. The van der Waals surface area contributed by atoms with Crippen LogP contribution in [0, 0.1) is 0 Å². The van der Waals surface area contributed by atoms with Gasteiger partial charge in [0.05, 0.1) is 5.56 Å². The predicted molar refractivity (Wildman–Crippen MR) is 86.4 cm³/mol. The molecule has 122 valence electrons. The van der Waals surface area contributed by atoms with Gasteiger partial charge in [-0.1, -0.05) is 53.8 Å². The lowest BCUT2D eigenvalue weighted by Gasteiger charge is -2.09. The summed E-state index contributed by atoms with van der Waals surface area (Å²) in [4.78, 5) is 12.3. The van der Waals surface area contributed by atoms with Gasteiger partial charge in [-0.15, -0.1) is 10.2 Å². The molecule has 1 N–H and O–H groups in total. The zero-order valence-electron chi connectivity index (χ0n) is 12.1. The van der Waals surface area contributed by atoms with Crippen molar-refractivity contribution in [2.45, 2.75) is 6.61 Å². The molecule has 0 aliphatic heterocycles. The predicted octanol–water partition coefficient (Wildman–Crippen LogP) is 4.06. The van der Waals surface area contributed by atoms with Gasteiger partial charge in [-0.2, -0.15) is 8.78 Å². The highest BCUT2D eigenvalue weighted by Gasteiger charge is 2.17. The van der Waals surface area contributed by atoms with Crippen molar-refractivity contribution in [1.82, 2.24) is 10.2 Å². The normalized spacial score (nSPS) is 10.6. The van der Waals surface area contributed by atoms with Crippen molar-refractivity contribution in [2.75, 3.05) is 5.32 Å². The first-order valence-electron chi connectivity index (χ1n) is 6.87. The maximum absolute atomic E-state index is 12.4. The van der Waals surface area contributed by atoms with Gasteiger partial charge in [-0.3, -0.25) is 10.1 Å². The Bertz CT molecular complexity index is 840. The largest absolute Gasteiger partial charge is 0.434 e. The van der Waals surface area contributed by atoms with Gasteiger partial charge in [0.25, 0.3) is 5.91 Å². The number of ether oxygens (including phenoxy) is 1. The summed E-state index contributed by atoms with van der Waals surface area (Å²) in [7, 11) is 0. The summed E-state index contributed by atoms with van der Waals surface area (Å²) >= 11 is 1.19. The molecular weight excluding hydrogens is 336 g/mol. The zero-order chi connectivity index (χ0) is 16.9. The summed E-state index contributed by atoms with van der Waals surface area (Å²) in [5, 5.41) is 11.4. The maximum atomic E-state index is 12.4. The first-order valence-corrected chi connectivity index (χ1v) is 7.69. The lowest BCUT2D eigenvalue weighted by molar-refractivity contribution is -0.0501. The quantitative estimate of drug-likeness (QED) is 0.756. The molecule has 2 aromatic carbocycles. The molecule has 0 fully saturated rings. The third-order valence-electron chi connectivity index (χ3n) is 3.01. The Morgan fingerprint density at radius 3 is 2.50 bits per heavy atom. The van der Waals surface area contributed by atoms with Crippen LogP contribution in [0.25, 0.3) is 10.6 Å². The summed E-state index contributed by atoms with van der Waals surface area (Å²) in [5.74, 6) is -0.792. The lowest BCUT2D eigenvalue weighted by atomic mass is 10.2. The van der Waals surface area contributed by atoms with Crippen LogP contribution < -0.4 is 10.1 Å². The standard InChI is InChI=1S/C16H11F2N3O2S/c17-15(18)23-12-9-5-4-8-11(12)13(22)19-16-21-20-14(24-16)10-6-2-1-3-7-10/h1-9,15H,(H,19,21,22). The Morgan fingerprint density at radius 1 is 1.04 bits per heavy atom. The second kappa shape index (κ2) is 7.14. The summed E-state index contributed by atoms with van der Waals surface area (Å²) in [6, 6.07) is 15.1. The number of anilines is 1. The molecule has 0 aliphatic rings. The van der Waals surface area contributed by atoms with Crippen molar-refractivity contribution in [3.63, 3.8) is 0 Å². The first kappa shape index (κ1) is 16.0. The van der Waals surface area contributed by atoms with Crippen molar-refractivity contribution in [1.29, 1.82) is 0 Å². The van der Waals surface area contributed by atoms with E-state index in [1.54, 1.807) is 6.07 Å². The van der Waals surface area contributed by atoms with E-state index in [0.717, 1.165) is 5.56 Å². The van der Waals surface area contributed by atoms with E-state index in [-0.39, 0.29) is 16.4 Å². The van der Waals surface area contributed by atoms with Crippen LogP contribution in [0.5, 0.6) is 5.75 Å². The third-order valence-corrected chi connectivity index (χ3v) is 3.90. The number of alkyl halides is 2. The Hall–Kier alpha value is -2.87. The Morgan fingerprint density at radius 2 is 1.75 bits per heavy atom. The van der Waals surface area contributed by atoms with Gasteiger partial charge in [0.15, 0.2) is 0 Å². The molecule has 0 aliphatic carbocycles. The average Bonchev–Trinajstić information content (AvgIpc) is 3.04. The highest BCUT2D eigenvalue weighted by Crippen LogP contribution is 2.27. The van der Waals surface area contributed by atoms with Crippen LogP contribution in [0.15, 0.2) is 54.6 Å². The molecular formula is C16H11F2N3O2S. The number of amides is 1. The summed E-state index contributed by atoms with van der Waals surface area (Å²) < 4.78 is 29.2. The van der Waals surface area contributed by atoms with Gasteiger partial charge in [-0.05, 0) is 12.1 Å². The number of nitrogens with one attached hydrogen (secondary N) is 1. The smallest absolute Gasteiger partial charge is 0.387 e. The van der Waals surface area contributed by atoms with Gasteiger partial charge in [0.1, 0.15) is 10.8 Å². The molecule has 3 rings (SSSR count). The van der Waals surface area contributed by atoms with Crippen LogP contribution in [0.4, 0.5) is 13.9 Å². The fourth-order valence-corrected chi connectivity index (χ4v) is 2.73. The molecule has 3 aromatic rings. The number of nitrogens with zero attached hydrogens (tertiary/aromatic N) is 2. The van der Waals surface area contributed by atoms with E-state index in [2.05, 4.69) is 20.3 Å². The summed E-state index contributed by atoms with van der Waals surface area (Å²) in [6.45, 7) is -3.01. The fraction of sp³-hybridized carbons (Fsp3) is 0.0625. The number of aromatic nitrogens is 2. The SMILES string of the molecule is O=C(Nc1nnc(-c2ccccc2)s1)c1ccccc1OC(F)F. The lowest BCUT2D eigenvalue weighted by Crippen LogP contribution is -2.14. The van der Waals surface area contributed by atoms with E-state index in [0.29, 0.717) is 5.01 Å². The van der Waals surface area contributed by atoms with E-state index in [9.17, 15) is 13.6 Å². The molecule has 0 bridgehead atoms. The minimum absolute atomic E-state index is 0.00531. The number of benzene rings is 2. The van der Waals surface area contributed by atoms with E-state index in [4.69, 9.17) is 0 Å². The Labute approximate surface area is 139 Å². The van der Waals surface area contributed by atoms with Crippen LogP contribution in [-0.2, 0) is 0 Å². The number of carbonyl (C=O) groups is 1. The van der Waals surface area contributed by atoms with Crippen molar-refractivity contribution >= 4 is 22.4 Å². The van der Waals surface area contributed by atoms with E-state index in [1.165, 1.54) is 29.5 Å². The maximum Gasteiger partial charge on any atom is 0.387 e. The molecule has 0 radical (unpaired) electrons. The van der Waals surface area contributed by atoms with Crippen LogP contribution in [0.1, 0.15) is 10.4 Å². The highest BCUT2D eigenvalue weighted by atomic mass is 32.1. The number of hydrogen-bond donors (Lipinski definition) is 1. The van der Waals surface area contributed by atoms with Gasteiger partial charge in [0, 0.05) is 5.56 Å². The minimum atomic E-state index is -3.01. The molecule has 0 spiro atoms. The number of carbonyl (C=O) groups excluding carboxylic acids is 1. The van der Waals surface area contributed by atoms with E-state index >= 15 is 0 Å². The molecule has 1 amide bonds. The molecule has 1 aromatic heterocycles. The van der Waals surface area contributed by atoms with Crippen molar-refractivity contribution in [2.24, 2.45) is 0 Å². The third kappa shape index (κ3) is 3.72. The van der Waals surface area contributed by atoms with Gasteiger partial charge >= 0.3 is 6.61 Å². The monoisotopic (exact) mass is 347 g/mol. The zero-order valence-corrected chi connectivity index (χ0v) is 13.0. The van der Waals surface area contributed by atoms with Crippen LogP contribution in [-0.4, -0.2) is 22.7 Å². The van der Waals surface area contributed by atoms with Crippen LogP contribution >= 0.6 is 11.3 Å². The second-order valence-electron chi connectivity index (χ2n) is 4.61. The van der Waals surface area contributed by atoms with Gasteiger partial charge < -0.3 is 4.74 Å². The number of halogens is 2. The van der Waals surface area contributed by atoms with Crippen molar-refractivity contribution in [3.8, 4) is 16.3 Å². The summed E-state index contributed by atoms with van der Waals surface area (Å²) in [5.41, 5.74) is 0.867. The molecule has 0 atom stereocenters. The topological polar surface area (TPSA) is 64.1 Å². The Kier molecular flexibility index (Phi) is 4.76. The molecule has 0 unspecified atom stereocenters. The van der Waals surface area contributed by atoms with Gasteiger partial charge in [0.2, 0.25) is 5.13 Å². The average molecular weight is 347 g/mol. The molecule has 24 heavy (non-hydrogen) atoms. The number of para-hydroxylation sites is 1. The molecule has 0 saturated carbocycles. The number of rotatable bonds is 5. The highest BCUT2D eigenvalue weighted by molar-refractivity contribution is 7.18. The second-order valence-corrected chi connectivity index (χ2v) is 5.58. The molecule has 1 heterocycles. The molecule has 5 nitrogen and oxygen atoms in total. The number of hydrogen-bond acceptors (Lipinski definition) is 5. The van der Waals surface area contributed by atoms with E-state index in [1.807, 2.05) is 30.3 Å². The van der Waals surface area contributed by atoms with Gasteiger partial charge in [-0.25, -0.2) is 0 Å². The fourth-order valence-electron chi connectivity index (χ4n) is 1.99. The summed E-state index contributed by atoms with van der Waals surface area (Å²) in [6.07, 6.45) is 0. The van der Waals surface area contributed by atoms with Crippen LogP contribution in [0.2, 0.25) is 0 Å². The molecule has 8 heteroatoms. The van der Waals surface area contributed by atoms with Crippen LogP contribution in [0.3, 0.4) is 0 Å². The first-order chi connectivity index (χ1) is 11.6. The Balaban J connectivity index is 1.78. The molecule has 0 saturated heterocycles. The van der Waals surface area contributed by atoms with E-state index < -0.39 is 12.5 Å². The van der Waals surface area contributed by atoms with Crippen molar-refractivity contribution < 1.29 is 18.3 Å².